The number of sulfonamides is 1. The molecule has 2 rings (SSSR count). The number of methoxy groups -OCH3 is 1. The lowest BCUT2D eigenvalue weighted by Crippen LogP contribution is -2.17. The average molecular weight is 309 g/mol. The molecule has 8 nitrogen and oxygen atoms in total. The van der Waals surface area contributed by atoms with Gasteiger partial charge in [-0.05, 0) is 26.0 Å². The molecule has 0 saturated heterocycles. The van der Waals surface area contributed by atoms with Gasteiger partial charge in [0.05, 0.1) is 24.2 Å². The van der Waals surface area contributed by atoms with E-state index in [9.17, 15) is 8.42 Å². The molecule has 0 saturated carbocycles. The van der Waals surface area contributed by atoms with Gasteiger partial charge in [-0.15, -0.1) is 5.10 Å². The molecule has 112 valence electrons. The highest BCUT2D eigenvalue weighted by Crippen LogP contribution is 2.24. The normalized spacial score (nSPS) is 11.2. The number of nitrogen functional groups attached to an aromatic ring is 1. The van der Waals surface area contributed by atoms with Crippen molar-refractivity contribution < 1.29 is 13.2 Å². The Morgan fingerprint density at radius 3 is 2.48 bits per heavy atom. The van der Waals surface area contributed by atoms with Crippen LogP contribution in [0.3, 0.4) is 0 Å². The number of ether oxygens (including phenoxy) is 1. The Morgan fingerprint density at radius 2 is 1.90 bits per heavy atom. The van der Waals surface area contributed by atoms with Crippen LogP contribution in [0.25, 0.3) is 0 Å². The molecule has 1 aromatic heterocycles. The van der Waals surface area contributed by atoms with E-state index < -0.39 is 10.0 Å². The number of aromatic nitrogens is 3. The van der Waals surface area contributed by atoms with Gasteiger partial charge in [0, 0.05) is 6.07 Å². The predicted octanol–water partition coefficient (Wildman–Crippen LogP) is 0.880. The number of anilines is 2. The Balaban J connectivity index is 2.36. The maximum atomic E-state index is 12.3. The number of aryl methyl sites for hydroxylation is 2. The molecule has 0 amide bonds. The third-order valence-electron chi connectivity index (χ3n) is 2.82. The van der Waals surface area contributed by atoms with Crippen molar-refractivity contribution in [2.24, 2.45) is 0 Å². The van der Waals surface area contributed by atoms with Gasteiger partial charge in [0.15, 0.2) is 0 Å². The fourth-order valence-corrected chi connectivity index (χ4v) is 2.63. The van der Waals surface area contributed by atoms with Crippen molar-refractivity contribution in [3.63, 3.8) is 0 Å². The molecule has 0 aliphatic heterocycles. The van der Waals surface area contributed by atoms with E-state index in [2.05, 4.69) is 19.9 Å². The molecule has 0 radical (unpaired) electrons. The van der Waals surface area contributed by atoms with Crippen molar-refractivity contribution in [3.8, 4) is 5.75 Å². The monoisotopic (exact) mass is 309 g/mol. The predicted molar refractivity (Wildman–Crippen MR) is 77.5 cm³/mol. The maximum absolute atomic E-state index is 12.3. The molecule has 0 fully saturated rings. The Labute approximate surface area is 122 Å². The molecule has 0 bridgehead atoms. The van der Waals surface area contributed by atoms with Crippen molar-refractivity contribution in [2.45, 2.75) is 18.7 Å². The van der Waals surface area contributed by atoms with Gasteiger partial charge in [-0.2, -0.15) is 5.10 Å². The van der Waals surface area contributed by atoms with Crippen molar-refractivity contribution >= 4 is 21.7 Å². The van der Waals surface area contributed by atoms with Gasteiger partial charge in [0.1, 0.15) is 10.6 Å². The highest BCUT2D eigenvalue weighted by molar-refractivity contribution is 7.92. The third-order valence-corrected chi connectivity index (χ3v) is 4.23. The first-order chi connectivity index (χ1) is 9.83. The fraction of sp³-hybridized carbons (Fsp3) is 0.250. The molecule has 21 heavy (non-hydrogen) atoms. The number of nitrogens with two attached hydrogens (primary N) is 1. The topological polar surface area (TPSA) is 120 Å². The smallest absolute Gasteiger partial charge is 0.266 e. The summed E-state index contributed by atoms with van der Waals surface area (Å²) in [6, 6.07) is 4.28. The number of hydrogen-bond acceptors (Lipinski definition) is 7. The van der Waals surface area contributed by atoms with E-state index in [1.807, 2.05) is 0 Å². The summed E-state index contributed by atoms with van der Waals surface area (Å²) in [4.78, 5) is 3.94. The van der Waals surface area contributed by atoms with E-state index in [-0.39, 0.29) is 16.5 Å². The summed E-state index contributed by atoms with van der Waals surface area (Å²) in [7, 11) is -2.43. The largest absolute Gasteiger partial charge is 0.497 e. The van der Waals surface area contributed by atoms with E-state index in [0.717, 1.165) is 0 Å². The first-order valence-corrected chi connectivity index (χ1v) is 7.46. The second-order valence-corrected chi connectivity index (χ2v) is 5.97. The molecule has 0 atom stereocenters. The van der Waals surface area contributed by atoms with E-state index in [1.54, 1.807) is 13.8 Å². The molecule has 0 aliphatic rings. The Kier molecular flexibility index (Phi) is 3.94. The Hall–Kier alpha value is -2.42. The number of nitrogens with one attached hydrogen (secondary N) is 1. The van der Waals surface area contributed by atoms with E-state index in [1.165, 1.54) is 25.3 Å². The van der Waals surface area contributed by atoms with Crippen molar-refractivity contribution in [2.75, 3.05) is 17.6 Å². The van der Waals surface area contributed by atoms with E-state index in [0.29, 0.717) is 17.1 Å². The zero-order valence-electron chi connectivity index (χ0n) is 11.8. The molecule has 9 heteroatoms. The number of hydrogen-bond donors (Lipinski definition) is 2. The van der Waals surface area contributed by atoms with Gasteiger partial charge in [0.2, 0.25) is 0 Å². The summed E-state index contributed by atoms with van der Waals surface area (Å²) in [6.07, 6.45) is 0. The van der Waals surface area contributed by atoms with Crippen LogP contribution in [-0.2, 0) is 10.0 Å². The summed E-state index contributed by atoms with van der Waals surface area (Å²) in [5.74, 6) is 0.365. The molecule has 1 heterocycles. The van der Waals surface area contributed by atoms with Gasteiger partial charge in [0.25, 0.3) is 16.0 Å². The van der Waals surface area contributed by atoms with Crippen LogP contribution in [0, 0.1) is 13.8 Å². The molecular formula is C12H15N5O3S. The van der Waals surface area contributed by atoms with Gasteiger partial charge < -0.3 is 10.5 Å². The lowest BCUT2D eigenvalue weighted by molar-refractivity contribution is 0.414. The quantitative estimate of drug-likeness (QED) is 0.804. The van der Waals surface area contributed by atoms with Crippen molar-refractivity contribution in [3.05, 3.63) is 29.6 Å². The highest BCUT2D eigenvalue weighted by atomic mass is 32.2. The van der Waals surface area contributed by atoms with Crippen molar-refractivity contribution in [1.29, 1.82) is 0 Å². The fourth-order valence-electron chi connectivity index (χ4n) is 1.57. The molecule has 3 N–H and O–H groups in total. The van der Waals surface area contributed by atoms with Crippen LogP contribution < -0.4 is 15.2 Å². The zero-order valence-corrected chi connectivity index (χ0v) is 12.6. The summed E-state index contributed by atoms with van der Waals surface area (Å²) in [5, 5.41) is 7.51. The van der Waals surface area contributed by atoms with Gasteiger partial charge in [-0.1, -0.05) is 0 Å². The minimum absolute atomic E-state index is 0.0682. The third kappa shape index (κ3) is 3.19. The summed E-state index contributed by atoms with van der Waals surface area (Å²) < 4.78 is 31.8. The average Bonchev–Trinajstić information content (AvgIpc) is 2.42. The Bertz CT molecular complexity index is 776. The molecule has 0 spiro atoms. The number of benzene rings is 1. The van der Waals surface area contributed by atoms with Gasteiger partial charge >= 0.3 is 0 Å². The van der Waals surface area contributed by atoms with Gasteiger partial charge in [-0.25, -0.2) is 18.1 Å². The zero-order chi connectivity index (χ0) is 15.6. The standard InChI is InChI=1S/C12H15N5O3S/c1-7-8(2)15-16-12(14-7)17-21(18,19)11-5-4-9(20-3)6-10(11)13/h4-6H,13H2,1-3H3,(H,14,16,17). The number of rotatable bonds is 4. The van der Waals surface area contributed by atoms with Crippen LogP contribution >= 0.6 is 0 Å². The first-order valence-electron chi connectivity index (χ1n) is 5.98. The minimum atomic E-state index is -3.89. The highest BCUT2D eigenvalue weighted by Gasteiger charge is 2.19. The second-order valence-electron chi connectivity index (χ2n) is 4.32. The van der Waals surface area contributed by atoms with Crippen LogP contribution in [0.5, 0.6) is 5.75 Å². The molecule has 0 unspecified atom stereocenters. The molecular weight excluding hydrogens is 294 g/mol. The second kappa shape index (κ2) is 5.52. The van der Waals surface area contributed by atoms with Crippen LogP contribution in [-0.4, -0.2) is 30.7 Å². The lowest BCUT2D eigenvalue weighted by Gasteiger charge is -2.10. The van der Waals surface area contributed by atoms with Crippen LogP contribution in [0.4, 0.5) is 11.6 Å². The first kappa shape index (κ1) is 15.0. The SMILES string of the molecule is COc1ccc(S(=O)(=O)Nc2nnc(C)c(C)n2)c(N)c1. The van der Waals surface area contributed by atoms with Crippen molar-refractivity contribution in [1.82, 2.24) is 15.2 Å². The summed E-state index contributed by atoms with van der Waals surface area (Å²) in [5.41, 5.74) is 7.02. The Morgan fingerprint density at radius 1 is 1.19 bits per heavy atom. The van der Waals surface area contributed by atoms with E-state index in [4.69, 9.17) is 10.5 Å². The minimum Gasteiger partial charge on any atom is -0.497 e. The van der Waals surface area contributed by atoms with E-state index >= 15 is 0 Å². The molecule has 0 aliphatic carbocycles. The number of nitrogens with zero attached hydrogens (tertiary/aromatic N) is 3. The van der Waals surface area contributed by atoms with Crippen LogP contribution in [0.15, 0.2) is 23.1 Å². The summed E-state index contributed by atoms with van der Waals surface area (Å²) in [6.45, 7) is 3.44. The van der Waals surface area contributed by atoms with Crippen LogP contribution in [0.1, 0.15) is 11.4 Å². The lowest BCUT2D eigenvalue weighted by atomic mass is 10.3. The van der Waals surface area contributed by atoms with Crippen LogP contribution in [0.2, 0.25) is 0 Å². The van der Waals surface area contributed by atoms with Gasteiger partial charge in [-0.3, -0.25) is 0 Å². The molecule has 2 aromatic rings. The summed E-state index contributed by atoms with van der Waals surface area (Å²) >= 11 is 0. The maximum Gasteiger partial charge on any atom is 0.266 e. The molecule has 1 aromatic carbocycles.